The number of hydrogen-bond acceptors (Lipinski definition) is 4. The molecule has 0 spiro atoms. The highest BCUT2D eigenvalue weighted by molar-refractivity contribution is 7.99. The molecule has 0 heterocycles. The molecule has 0 aliphatic heterocycles. The molecule has 0 aromatic heterocycles. The lowest BCUT2D eigenvalue weighted by molar-refractivity contribution is -0.122. The first kappa shape index (κ1) is 22.6. The number of thioether (sulfide) groups is 1. The summed E-state index contributed by atoms with van der Waals surface area (Å²) in [5.41, 5.74) is 1.62. The highest BCUT2D eigenvalue weighted by atomic mass is 35.5. The van der Waals surface area contributed by atoms with Gasteiger partial charge in [0.15, 0.2) is 0 Å². The third-order valence-corrected chi connectivity index (χ3v) is 6.55. The molecule has 1 N–H and O–H groups in total. The molecule has 2 rings (SSSR count). The predicted molar refractivity (Wildman–Crippen MR) is 118 cm³/mol. The van der Waals surface area contributed by atoms with Crippen LogP contribution in [-0.4, -0.2) is 38.9 Å². The van der Waals surface area contributed by atoms with E-state index in [9.17, 15) is 13.2 Å². The van der Waals surface area contributed by atoms with Crippen molar-refractivity contribution in [3.05, 3.63) is 59.1 Å². The van der Waals surface area contributed by atoms with Gasteiger partial charge in [0.2, 0.25) is 15.9 Å². The van der Waals surface area contributed by atoms with E-state index in [2.05, 4.69) is 5.32 Å². The molecule has 0 radical (unpaired) electrons. The number of carbonyl (C=O) groups is 1. The third kappa shape index (κ3) is 6.43. The monoisotopic (exact) mass is 440 g/mol. The lowest BCUT2D eigenvalue weighted by Crippen LogP contribution is -2.49. The Bertz CT molecular complexity index is 885. The molecule has 0 saturated carbocycles. The zero-order valence-electron chi connectivity index (χ0n) is 16.2. The Kier molecular flexibility index (Phi) is 8.22. The van der Waals surface area contributed by atoms with E-state index in [-0.39, 0.29) is 5.91 Å². The summed E-state index contributed by atoms with van der Waals surface area (Å²) in [6, 6.07) is 13.8. The highest BCUT2D eigenvalue weighted by Gasteiger charge is 2.31. The number of anilines is 1. The lowest BCUT2D eigenvalue weighted by atomic mass is 10.2. The van der Waals surface area contributed by atoms with Gasteiger partial charge in [-0.3, -0.25) is 9.10 Å². The van der Waals surface area contributed by atoms with E-state index < -0.39 is 16.1 Å². The van der Waals surface area contributed by atoms with Crippen molar-refractivity contribution in [3.8, 4) is 0 Å². The number of hydrogen-bond donors (Lipinski definition) is 1. The van der Waals surface area contributed by atoms with Gasteiger partial charge in [-0.05, 0) is 49.7 Å². The standard InChI is InChI=1S/C20H25ClN2O3S2/c1-4-19(23(28(3,25)26)17-9-7-16(21)8-10-17)20(24)22-13-14-27-18-11-5-15(2)6-12-18/h5-12,19H,4,13-14H2,1-3H3,(H,22,24). The second kappa shape index (κ2) is 10.2. The Morgan fingerprint density at radius 1 is 1.14 bits per heavy atom. The zero-order valence-corrected chi connectivity index (χ0v) is 18.6. The summed E-state index contributed by atoms with van der Waals surface area (Å²) in [4.78, 5) is 13.8. The molecule has 1 atom stereocenters. The Labute approximate surface area is 176 Å². The highest BCUT2D eigenvalue weighted by Crippen LogP contribution is 2.24. The first-order valence-corrected chi connectivity index (χ1v) is 12.2. The summed E-state index contributed by atoms with van der Waals surface area (Å²) in [7, 11) is -3.64. The van der Waals surface area contributed by atoms with Crippen molar-refractivity contribution in [1.82, 2.24) is 5.32 Å². The number of carbonyl (C=O) groups excluding carboxylic acids is 1. The first-order chi connectivity index (χ1) is 13.2. The van der Waals surface area contributed by atoms with Crippen LogP contribution in [0.25, 0.3) is 0 Å². The van der Waals surface area contributed by atoms with Gasteiger partial charge >= 0.3 is 0 Å². The number of rotatable bonds is 9. The largest absolute Gasteiger partial charge is 0.353 e. The van der Waals surface area contributed by atoms with Crippen molar-refractivity contribution in [1.29, 1.82) is 0 Å². The summed E-state index contributed by atoms with van der Waals surface area (Å²) in [5.74, 6) is 0.387. The van der Waals surface area contributed by atoms with E-state index in [1.54, 1.807) is 43.0 Å². The number of amides is 1. The van der Waals surface area contributed by atoms with Crippen LogP contribution in [0, 0.1) is 6.92 Å². The molecule has 2 aromatic rings. The van der Waals surface area contributed by atoms with Crippen LogP contribution >= 0.6 is 23.4 Å². The van der Waals surface area contributed by atoms with E-state index in [0.29, 0.717) is 29.4 Å². The van der Waals surface area contributed by atoms with Gasteiger partial charge in [0, 0.05) is 22.2 Å². The number of halogens is 1. The second-order valence-electron chi connectivity index (χ2n) is 6.41. The average molecular weight is 441 g/mol. The summed E-state index contributed by atoms with van der Waals surface area (Å²) in [6.07, 6.45) is 1.46. The van der Waals surface area contributed by atoms with Gasteiger partial charge in [-0.15, -0.1) is 11.8 Å². The Hall–Kier alpha value is -1.70. The van der Waals surface area contributed by atoms with Crippen molar-refractivity contribution in [2.75, 3.05) is 22.9 Å². The molecule has 0 aliphatic rings. The maximum Gasteiger partial charge on any atom is 0.243 e. The van der Waals surface area contributed by atoms with Crippen molar-refractivity contribution in [2.24, 2.45) is 0 Å². The van der Waals surface area contributed by atoms with E-state index in [0.717, 1.165) is 15.5 Å². The number of nitrogens with one attached hydrogen (secondary N) is 1. The molecule has 152 valence electrons. The molecule has 5 nitrogen and oxygen atoms in total. The Morgan fingerprint density at radius 3 is 2.29 bits per heavy atom. The molecule has 0 saturated heterocycles. The minimum absolute atomic E-state index is 0.313. The van der Waals surface area contributed by atoms with Crippen LogP contribution < -0.4 is 9.62 Å². The maximum atomic E-state index is 12.7. The quantitative estimate of drug-likeness (QED) is 0.471. The summed E-state index contributed by atoms with van der Waals surface area (Å²) < 4.78 is 25.9. The fraction of sp³-hybridized carbons (Fsp3) is 0.350. The molecule has 0 bridgehead atoms. The smallest absolute Gasteiger partial charge is 0.243 e. The van der Waals surface area contributed by atoms with E-state index in [1.807, 2.05) is 31.2 Å². The predicted octanol–water partition coefficient (Wildman–Crippen LogP) is 4.10. The zero-order chi connectivity index (χ0) is 20.7. The molecular formula is C20H25ClN2O3S2. The fourth-order valence-corrected chi connectivity index (χ4v) is 4.85. The van der Waals surface area contributed by atoms with Crippen molar-refractivity contribution < 1.29 is 13.2 Å². The van der Waals surface area contributed by atoms with Crippen LogP contribution in [-0.2, 0) is 14.8 Å². The van der Waals surface area contributed by atoms with Gasteiger partial charge < -0.3 is 5.32 Å². The normalized spacial score (nSPS) is 12.4. The van der Waals surface area contributed by atoms with E-state index in [4.69, 9.17) is 11.6 Å². The molecule has 2 aromatic carbocycles. The van der Waals surface area contributed by atoms with E-state index in [1.165, 1.54) is 5.56 Å². The van der Waals surface area contributed by atoms with Crippen molar-refractivity contribution in [3.63, 3.8) is 0 Å². The minimum atomic E-state index is -3.64. The Balaban J connectivity index is 2.02. The summed E-state index contributed by atoms with van der Waals surface area (Å²) >= 11 is 7.54. The fourth-order valence-electron chi connectivity index (χ4n) is 2.74. The topological polar surface area (TPSA) is 66.5 Å². The molecule has 1 amide bonds. The minimum Gasteiger partial charge on any atom is -0.353 e. The molecular weight excluding hydrogens is 416 g/mol. The van der Waals surface area contributed by atoms with Crippen LogP contribution in [0.1, 0.15) is 18.9 Å². The summed E-state index contributed by atoms with van der Waals surface area (Å²) in [5, 5.41) is 3.36. The van der Waals surface area contributed by atoms with Gasteiger partial charge in [0.25, 0.3) is 0 Å². The molecule has 8 heteroatoms. The van der Waals surface area contributed by atoms with E-state index >= 15 is 0 Å². The lowest BCUT2D eigenvalue weighted by Gasteiger charge is -2.30. The van der Waals surface area contributed by atoms with Crippen molar-refractivity contribution in [2.45, 2.75) is 31.2 Å². The van der Waals surface area contributed by atoms with Crippen LogP contribution in [0.3, 0.4) is 0 Å². The third-order valence-electron chi connectivity index (χ3n) is 4.10. The van der Waals surface area contributed by atoms with Crippen molar-refractivity contribution >= 4 is 45.0 Å². The average Bonchev–Trinajstić information content (AvgIpc) is 2.64. The maximum absolute atomic E-state index is 12.7. The molecule has 0 aliphatic carbocycles. The molecule has 1 unspecified atom stereocenters. The second-order valence-corrected chi connectivity index (χ2v) is 9.88. The molecule has 28 heavy (non-hydrogen) atoms. The first-order valence-electron chi connectivity index (χ1n) is 8.94. The number of nitrogens with zero attached hydrogens (tertiary/aromatic N) is 1. The van der Waals surface area contributed by atoms with Crippen LogP contribution in [0.2, 0.25) is 5.02 Å². The number of sulfonamides is 1. The van der Waals surface area contributed by atoms with Gasteiger partial charge in [0.1, 0.15) is 6.04 Å². The number of aryl methyl sites for hydroxylation is 1. The van der Waals surface area contributed by atoms with Crippen LogP contribution in [0.5, 0.6) is 0 Å². The molecule has 0 fully saturated rings. The SMILES string of the molecule is CCC(C(=O)NCCSc1ccc(C)cc1)N(c1ccc(Cl)cc1)S(C)(=O)=O. The van der Waals surface area contributed by atoms with Gasteiger partial charge in [-0.2, -0.15) is 0 Å². The summed E-state index contributed by atoms with van der Waals surface area (Å²) in [6.45, 7) is 4.28. The van der Waals surface area contributed by atoms with Gasteiger partial charge in [-0.25, -0.2) is 8.42 Å². The van der Waals surface area contributed by atoms with Crippen LogP contribution in [0.4, 0.5) is 5.69 Å². The van der Waals surface area contributed by atoms with Gasteiger partial charge in [0.05, 0.1) is 11.9 Å². The number of benzene rings is 2. The Morgan fingerprint density at radius 2 is 1.75 bits per heavy atom. The van der Waals surface area contributed by atoms with Gasteiger partial charge in [-0.1, -0.05) is 36.2 Å². The van der Waals surface area contributed by atoms with Crippen LogP contribution in [0.15, 0.2) is 53.4 Å².